The third-order valence-electron chi connectivity index (χ3n) is 8.85. The van der Waals surface area contributed by atoms with Crippen molar-refractivity contribution in [3.8, 4) is 18.2 Å². The van der Waals surface area contributed by atoms with Crippen molar-refractivity contribution in [2.75, 3.05) is 0 Å². The predicted octanol–water partition coefficient (Wildman–Crippen LogP) is 6.42. The van der Waals surface area contributed by atoms with Crippen molar-refractivity contribution in [2.24, 2.45) is 30.0 Å². The van der Waals surface area contributed by atoms with Crippen LogP contribution in [0.1, 0.15) is 50.9 Å². The van der Waals surface area contributed by atoms with E-state index in [4.69, 9.17) is 0 Å². The Bertz CT molecular complexity index is 2930. The molecule has 0 radical (unpaired) electrons. The molecule has 3 aliphatic heterocycles. The Hall–Kier alpha value is -8.10. The van der Waals surface area contributed by atoms with Crippen LogP contribution < -0.4 is 32.1 Å². The molecule has 0 unspecified atom stereocenters. The smallest absolute Gasteiger partial charge is 0.226 e. The summed E-state index contributed by atoms with van der Waals surface area (Å²) in [5.74, 6) is -6.72. The van der Waals surface area contributed by atoms with E-state index in [-0.39, 0.29) is 36.4 Å². The summed E-state index contributed by atoms with van der Waals surface area (Å²) in [5, 5.41) is 25.0. The van der Waals surface area contributed by atoms with Gasteiger partial charge in [-0.1, -0.05) is 0 Å². The van der Waals surface area contributed by atoms with E-state index in [0.29, 0.717) is 0 Å². The Kier molecular flexibility index (Phi) is 10.4. The number of hydrogen-bond donors (Lipinski definition) is 0. The molecule has 66 heavy (non-hydrogen) atoms. The van der Waals surface area contributed by atoms with E-state index in [1.165, 1.54) is 18.2 Å². The summed E-state index contributed by atoms with van der Waals surface area (Å²) in [4.78, 5) is 33.2. The number of rotatable bonds is 3. The van der Waals surface area contributed by atoms with Crippen LogP contribution in [0.25, 0.3) is 16.7 Å². The van der Waals surface area contributed by atoms with Crippen molar-refractivity contribution in [2.45, 2.75) is 37.1 Å². The number of benzene rings is 3. The summed E-state index contributed by atoms with van der Waals surface area (Å²) in [6.07, 6.45) is -33.8. The van der Waals surface area contributed by atoms with Crippen LogP contribution in [0.15, 0.2) is 83.8 Å². The van der Waals surface area contributed by atoms with E-state index in [1.807, 2.05) is 0 Å². The van der Waals surface area contributed by atoms with Crippen LogP contribution in [0.4, 0.5) is 79.0 Å². The highest BCUT2D eigenvalue weighted by atomic mass is 19.4. The van der Waals surface area contributed by atoms with Gasteiger partial charge in [0.2, 0.25) is 0 Å². The molecule has 0 atom stereocenters. The summed E-state index contributed by atoms with van der Waals surface area (Å²) >= 11 is 0. The fourth-order valence-electron chi connectivity index (χ4n) is 6.08. The fourth-order valence-corrected chi connectivity index (χ4v) is 6.08. The standard InChI is InChI=1S/C36H6F18N12/c37-31(38,39)13-1-19-20(2-14(13)32(40,41)42)59-25(58-19)10(7-55)28-64-29(11(8-56)26-60-21-3-15(33(43,44)45)16(34(46,47)48)4-22(21)61-26)66-30(65-28)12(9-57)27-62-23-5-17(35(49,50)51)18(36(52,53)54)6-24(23)63-27/h1-6H. The normalized spacial score (nSPS) is 14.5. The van der Waals surface area contributed by atoms with Crippen LogP contribution in [-0.4, -0.2) is 15.0 Å². The number of aromatic nitrogens is 3. The monoisotopic (exact) mass is 948 g/mol. The third-order valence-corrected chi connectivity index (χ3v) is 8.85. The van der Waals surface area contributed by atoms with Crippen molar-refractivity contribution >= 4 is 16.7 Å². The first kappa shape index (κ1) is 45.9. The lowest BCUT2D eigenvalue weighted by Crippen LogP contribution is -2.29. The number of allylic oxidation sites excluding steroid dienone is 3. The van der Waals surface area contributed by atoms with Gasteiger partial charge in [-0.05, 0) is 36.4 Å². The number of hydrogen-bond acceptors (Lipinski definition) is 12. The van der Waals surface area contributed by atoms with Crippen LogP contribution in [0, 0.1) is 34.0 Å². The third kappa shape index (κ3) is 8.37. The maximum Gasteiger partial charge on any atom is 0.417 e. The van der Waals surface area contributed by atoms with Gasteiger partial charge in [0.05, 0.1) is 65.5 Å². The largest absolute Gasteiger partial charge is 0.417 e. The van der Waals surface area contributed by atoms with Crippen molar-refractivity contribution in [3.05, 3.63) is 137 Å². The second-order valence-electron chi connectivity index (χ2n) is 13.1. The molecule has 0 amide bonds. The molecule has 3 aromatic carbocycles. The summed E-state index contributed by atoms with van der Waals surface area (Å²) in [6.45, 7) is 0. The van der Waals surface area contributed by atoms with Gasteiger partial charge < -0.3 is 0 Å². The second kappa shape index (κ2) is 15.0. The number of nitrogens with zero attached hydrogens (tertiary/aromatic N) is 12. The van der Waals surface area contributed by atoms with Gasteiger partial charge in [-0.3, -0.25) is 0 Å². The number of alkyl halides is 18. The Labute approximate surface area is 348 Å². The molecule has 30 heteroatoms. The molecule has 0 fully saturated rings. The van der Waals surface area contributed by atoms with E-state index in [9.17, 15) is 94.8 Å². The first-order valence-electron chi connectivity index (χ1n) is 16.8. The molecule has 12 nitrogen and oxygen atoms in total. The zero-order chi connectivity index (χ0) is 48.9. The van der Waals surface area contributed by atoms with Gasteiger partial charge in [-0.25, -0.2) is 44.9 Å². The summed E-state index contributed by atoms with van der Waals surface area (Å²) in [6, 6.07) is 3.61. The lowest BCUT2D eigenvalue weighted by molar-refractivity contribution is -0.162. The van der Waals surface area contributed by atoms with E-state index in [1.54, 1.807) is 0 Å². The zero-order valence-corrected chi connectivity index (χ0v) is 30.6. The molecule has 0 spiro atoms. The van der Waals surface area contributed by atoms with Crippen LogP contribution in [0.5, 0.6) is 0 Å². The van der Waals surface area contributed by atoms with E-state index in [2.05, 4.69) is 44.9 Å². The quantitative estimate of drug-likeness (QED) is 0.169. The lowest BCUT2D eigenvalue weighted by atomic mass is 10.1. The molecule has 0 bridgehead atoms. The van der Waals surface area contributed by atoms with E-state index in [0.717, 1.165) is 0 Å². The minimum absolute atomic E-state index is 0.0886. The van der Waals surface area contributed by atoms with Crippen LogP contribution in [0.3, 0.4) is 0 Å². The maximum absolute atomic E-state index is 13.7. The van der Waals surface area contributed by atoms with Gasteiger partial charge in [0.1, 0.15) is 34.9 Å². The lowest BCUT2D eigenvalue weighted by Gasteiger charge is -2.14. The average molecular weight is 948 g/mol. The van der Waals surface area contributed by atoms with E-state index < -0.39 is 154 Å². The fraction of sp³-hybridized carbons (Fsp3) is 0.167. The molecule has 336 valence electrons. The first-order chi connectivity index (χ1) is 30.3. The molecule has 4 heterocycles. The summed E-state index contributed by atoms with van der Waals surface area (Å²) < 4.78 is 247. The molecule has 3 aliphatic rings. The average Bonchev–Trinajstić information content (AvgIpc) is 3.91. The van der Waals surface area contributed by atoms with Gasteiger partial charge in [0.15, 0.2) is 34.9 Å². The molecule has 0 N–H and O–H groups in total. The van der Waals surface area contributed by atoms with Gasteiger partial charge >= 0.3 is 37.1 Å². The Morgan fingerprint density at radius 2 is 0.455 bits per heavy atom. The number of fused-ring (bicyclic) bond motifs is 3. The first-order valence-corrected chi connectivity index (χ1v) is 16.8. The van der Waals surface area contributed by atoms with Crippen molar-refractivity contribution < 1.29 is 79.0 Å². The Morgan fingerprint density at radius 3 is 0.576 bits per heavy atom. The summed E-state index contributed by atoms with van der Waals surface area (Å²) in [5.41, 5.74) is -16.9. The van der Waals surface area contributed by atoms with Gasteiger partial charge in [-0.15, -0.1) is 0 Å². The molecular weight excluding hydrogens is 942 g/mol. The van der Waals surface area contributed by atoms with Gasteiger partial charge in [-0.2, -0.15) is 94.8 Å². The highest BCUT2D eigenvalue weighted by Gasteiger charge is 2.46. The predicted molar refractivity (Wildman–Crippen MR) is 174 cm³/mol. The topological polar surface area (TPSA) is 184 Å². The zero-order valence-electron chi connectivity index (χ0n) is 30.6. The van der Waals surface area contributed by atoms with Crippen LogP contribution in [-0.2, 0) is 37.1 Å². The SMILES string of the molecule is N#CC(=C1N=c2cc(C(F)(F)F)c(C(F)(F)F)cc2=N1)c1nc(C(C#N)=C2N=c3cc(C(F)(F)F)c(C(F)(F)F)cc3=N2)nc(C(C#N)=C2N=c3cc(C(F)(F)F)c(C(F)(F)F)cc3=N2)n1. The molecular formula is C36H6F18N12. The molecule has 0 aliphatic carbocycles. The molecule has 4 aromatic rings. The van der Waals surface area contributed by atoms with Crippen molar-refractivity contribution in [3.63, 3.8) is 0 Å². The Morgan fingerprint density at radius 1 is 0.303 bits per heavy atom. The second-order valence-corrected chi connectivity index (χ2v) is 13.1. The Balaban J connectivity index is 1.53. The van der Waals surface area contributed by atoms with Crippen molar-refractivity contribution in [1.82, 2.24) is 15.0 Å². The van der Waals surface area contributed by atoms with Gasteiger partial charge in [0.25, 0.3) is 0 Å². The molecule has 0 saturated heterocycles. The highest BCUT2D eigenvalue weighted by Crippen LogP contribution is 2.42. The van der Waals surface area contributed by atoms with Crippen molar-refractivity contribution in [1.29, 1.82) is 15.8 Å². The molecule has 7 rings (SSSR count). The van der Waals surface area contributed by atoms with E-state index >= 15 is 0 Å². The number of nitriles is 3. The minimum Gasteiger partial charge on any atom is -0.226 e. The number of halogens is 18. The van der Waals surface area contributed by atoms with Crippen LogP contribution >= 0.6 is 0 Å². The van der Waals surface area contributed by atoms with Gasteiger partial charge in [0, 0.05) is 0 Å². The van der Waals surface area contributed by atoms with Crippen LogP contribution in [0.2, 0.25) is 0 Å². The minimum atomic E-state index is -5.64. The molecule has 0 saturated carbocycles. The molecule has 1 aromatic heterocycles. The summed E-state index contributed by atoms with van der Waals surface area (Å²) in [7, 11) is 0. The highest BCUT2D eigenvalue weighted by molar-refractivity contribution is 5.82. The maximum atomic E-state index is 13.7.